The van der Waals surface area contributed by atoms with E-state index in [9.17, 15) is 9.18 Å². The Balaban J connectivity index is 2.68. The standard InChI is InChI=1S/C11H13FO2/c1-3-14-11(13)7-9-5-4-8(2)10(12)6-9/h4-6H,3,7H2,1-2H3. The van der Waals surface area contributed by atoms with Crippen molar-refractivity contribution in [2.45, 2.75) is 20.3 Å². The van der Waals surface area contributed by atoms with Crippen molar-refractivity contribution < 1.29 is 13.9 Å². The fourth-order valence-corrected chi connectivity index (χ4v) is 1.13. The van der Waals surface area contributed by atoms with Gasteiger partial charge >= 0.3 is 5.97 Å². The van der Waals surface area contributed by atoms with Crippen LogP contribution in [0.15, 0.2) is 18.2 Å². The maximum absolute atomic E-state index is 13.1. The molecule has 0 atom stereocenters. The van der Waals surface area contributed by atoms with Gasteiger partial charge in [0.1, 0.15) is 5.82 Å². The van der Waals surface area contributed by atoms with Gasteiger partial charge in [-0.25, -0.2) is 4.39 Å². The molecule has 0 heterocycles. The molecule has 0 bridgehead atoms. The van der Waals surface area contributed by atoms with Gasteiger partial charge in [0, 0.05) is 0 Å². The van der Waals surface area contributed by atoms with E-state index < -0.39 is 0 Å². The molecule has 1 rings (SSSR count). The predicted octanol–water partition coefficient (Wildman–Crippen LogP) is 2.24. The molecule has 0 saturated carbocycles. The third kappa shape index (κ3) is 2.83. The van der Waals surface area contributed by atoms with Gasteiger partial charge in [0.15, 0.2) is 0 Å². The van der Waals surface area contributed by atoms with E-state index >= 15 is 0 Å². The summed E-state index contributed by atoms with van der Waals surface area (Å²) in [5.41, 5.74) is 1.23. The number of hydrogen-bond acceptors (Lipinski definition) is 2. The topological polar surface area (TPSA) is 26.3 Å². The van der Waals surface area contributed by atoms with Crippen LogP contribution in [0.2, 0.25) is 0 Å². The first-order valence-corrected chi connectivity index (χ1v) is 4.54. The minimum atomic E-state index is -0.323. The molecule has 0 fully saturated rings. The fraction of sp³-hybridized carbons (Fsp3) is 0.364. The molecule has 3 heteroatoms. The second-order valence-electron chi connectivity index (χ2n) is 3.07. The Kier molecular flexibility index (Phi) is 3.63. The number of aryl methyl sites for hydroxylation is 1. The van der Waals surface area contributed by atoms with Crippen LogP contribution in [0.1, 0.15) is 18.1 Å². The molecule has 14 heavy (non-hydrogen) atoms. The molecule has 2 nitrogen and oxygen atoms in total. The molecule has 0 aliphatic carbocycles. The summed E-state index contributed by atoms with van der Waals surface area (Å²) in [6, 6.07) is 4.76. The monoisotopic (exact) mass is 196 g/mol. The van der Waals surface area contributed by atoms with Crippen molar-refractivity contribution in [1.29, 1.82) is 0 Å². The van der Waals surface area contributed by atoms with Gasteiger partial charge in [-0.1, -0.05) is 12.1 Å². The van der Waals surface area contributed by atoms with Crippen LogP contribution in [0.4, 0.5) is 4.39 Å². The van der Waals surface area contributed by atoms with Gasteiger partial charge in [0.25, 0.3) is 0 Å². The Labute approximate surface area is 82.7 Å². The zero-order valence-electron chi connectivity index (χ0n) is 8.34. The minimum absolute atomic E-state index is 0.130. The molecule has 0 amide bonds. The molecule has 0 N–H and O–H groups in total. The summed E-state index contributed by atoms with van der Waals surface area (Å²) in [7, 11) is 0. The predicted molar refractivity (Wildman–Crippen MR) is 51.5 cm³/mol. The highest BCUT2D eigenvalue weighted by molar-refractivity contribution is 5.72. The quantitative estimate of drug-likeness (QED) is 0.693. The van der Waals surface area contributed by atoms with E-state index in [4.69, 9.17) is 4.74 Å². The van der Waals surface area contributed by atoms with Gasteiger partial charge in [-0.2, -0.15) is 0 Å². The van der Waals surface area contributed by atoms with Crippen LogP contribution < -0.4 is 0 Å². The Morgan fingerprint density at radius 2 is 2.21 bits per heavy atom. The molecule has 1 aromatic rings. The number of halogens is 1. The second kappa shape index (κ2) is 4.74. The van der Waals surface area contributed by atoms with Gasteiger partial charge in [-0.05, 0) is 31.0 Å². The summed E-state index contributed by atoms with van der Waals surface area (Å²) in [5.74, 6) is -0.609. The number of carbonyl (C=O) groups is 1. The number of ether oxygens (including phenoxy) is 1. The average molecular weight is 196 g/mol. The zero-order chi connectivity index (χ0) is 10.6. The third-order valence-corrected chi connectivity index (χ3v) is 1.89. The van der Waals surface area contributed by atoms with Crippen LogP contribution in [0.5, 0.6) is 0 Å². The molecule has 0 unspecified atom stereocenters. The van der Waals surface area contributed by atoms with E-state index in [1.54, 1.807) is 26.0 Å². The van der Waals surface area contributed by atoms with Crippen LogP contribution in [0.3, 0.4) is 0 Å². The number of carbonyl (C=O) groups excluding carboxylic acids is 1. The number of rotatable bonds is 3. The second-order valence-corrected chi connectivity index (χ2v) is 3.07. The fourth-order valence-electron chi connectivity index (χ4n) is 1.13. The lowest BCUT2D eigenvalue weighted by molar-refractivity contribution is -0.142. The van der Waals surface area contributed by atoms with E-state index in [-0.39, 0.29) is 18.2 Å². The lowest BCUT2D eigenvalue weighted by atomic mass is 10.1. The van der Waals surface area contributed by atoms with Crippen molar-refractivity contribution in [3.8, 4) is 0 Å². The molecule has 1 aromatic carbocycles. The lowest BCUT2D eigenvalue weighted by Gasteiger charge is -2.03. The van der Waals surface area contributed by atoms with Crippen molar-refractivity contribution in [3.05, 3.63) is 35.1 Å². The molecule has 76 valence electrons. The van der Waals surface area contributed by atoms with Crippen molar-refractivity contribution in [3.63, 3.8) is 0 Å². The normalized spacial score (nSPS) is 9.93. The lowest BCUT2D eigenvalue weighted by Crippen LogP contribution is -2.07. The van der Waals surface area contributed by atoms with Crippen molar-refractivity contribution in [2.75, 3.05) is 6.61 Å². The van der Waals surface area contributed by atoms with Gasteiger partial charge in [0.05, 0.1) is 13.0 Å². The molecule has 0 aromatic heterocycles. The van der Waals surface area contributed by atoms with E-state index in [1.807, 2.05) is 0 Å². The van der Waals surface area contributed by atoms with Crippen LogP contribution in [-0.2, 0) is 16.0 Å². The van der Waals surface area contributed by atoms with E-state index in [0.29, 0.717) is 17.7 Å². The van der Waals surface area contributed by atoms with Gasteiger partial charge in [0.2, 0.25) is 0 Å². The van der Waals surface area contributed by atoms with E-state index in [2.05, 4.69) is 0 Å². The van der Waals surface area contributed by atoms with E-state index in [0.717, 1.165) is 0 Å². The molecule has 0 radical (unpaired) electrons. The number of esters is 1. The summed E-state index contributed by atoms with van der Waals surface area (Å²) < 4.78 is 17.8. The summed E-state index contributed by atoms with van der Waals surface area (Å²) in [5, 5.41) is 0. The molecule has 0 spiro atoms. The largest absolute Gasteiger partial charge is 0.466 e. The van der Waals surface area contributed by atoms with Crippen molar-refractivity contribution in [1.82, 2.24) is 0 Å². The Bertz CT molecular complexity index is 334. The molecular weight excluding hydrogens is 183 g/mol. The molecule has 0 aliphatic heterocycles. The summed E-state index contributed by atoms with van der Waals surface area (Å²) in [6.45, 7) is 3.78. The van der Waals surface area contributed by atoms with Gasteiger partial charge in [-0.15, -0.1) is 0 Å². The number of hydrogen-bond donors (Lipinski definition) is 0. The van der Waals surface area contributed by atoms with Gasteiger partial charge in [-0.3, -0.25) is 4.79 Å². The number of benzene rings is 1. The summed E-state index contributed by atoms with van der Waals surface area (Å²) in [4.78, 5) is 11.1. The smallest absolute Gasteiger partial charge is 0.310 e. The minimum Gasteiger partial charge on any atom is -0.466 e. The van der Waals surface area contributed by atoms with Crippen LogP contribution in [0, 0.1) is 12.7 Å². The van der Waals surface area contributed by atoms with Crippen LogP contribution in [-0.4, -0.2) is 12.6 Å². The summed E-state index contributed by atoms with van der Waals surface area (Å²) >= 11 is 0. The highest BCUT2D eigenvalue weighted by Crippen LogP contribution is 2.10. The summed E-state index contributed by atoms with van der Waals surface area (Å²) in [6.07, 6.45) is 0.130. The maximum Gasteiger partial charge on any atom is 0.310 e. The molecule has 0 saturated heterocycles. The highest BCUT2D eigenvalue weighted by atomic mass is 19.1. The third-order valence-electron chi connectivity index (χ3n) is 1.89. The first-order chi connectivity index (χ1) is 6.63. The zero-order valence-corrected chi connectivity index (χ0v) is 8.34. The Morgan fingerprint density at radius 3 is 2.79 bits per heavy atom. The first-order valence-electron chi connectivity index (χ1n) is 4.54. The Morgan fingerprint density at radius 1 is 1.50 bits per heavy atom. The van der Waals surface area contributed by atoms with Crippen LogP contribution in [0.25, 0.3) is 0 Å². The highest BCUT2D eigenvalue weighted by Gasteiger charge is 2.05. The van der Waals surface area contributed by atoms with Gasteiger partial charge < -0.3 is 4.74 Å². The molecular formula is C11H13FO2. The van der Waals surface area contributed by atoms with Crippen molar-refractivity contribution >= 4 is 5.97 Å². The average Bonchev–Trinajstić information content (AvgIpc) is 2.12. The Hall–Kier alpha value is -1.38. The van der Waals surface area contributed by atoms with E-state index in [1.165, 1.54) is 6.07 Å². The van der Waals surface area contributed by atoms with Crippen LogP contribution >= 0.6 is 0 Å². The maximum atomic E-state index is 13.1. The van der Waals surface area contributed by atoms with Crippen molar-refractivity contribution in [2.24, 2.45) is 0 Å². The molecule has 0 aliphatic rings. The SMILES string of the molecule is CCOC(=O)Cc1ccc(C)c(F)c1. The first kappa shape index (κ1) is 10.7.